The number of nitriles is 1. The molecule has 0 aliphatic carbocycles. The summed E-state index contributed by atoms with van der Waals surface area (Å²) in [5.74, 6) is 0.0159. The summed E-state index contributed by atoms with van der Waals surface area (Å²) in [6.07, 6.45) is 0. The molecule has 154 valence electrons. The zero-order chi connectivity index (χ0) is 21.3. The van der Waals surface area contributed by atoms with E-state index in [1.54, 1.807) is 29.2 Å². The lowest BCUT2D eigenvalue weighted by Gasteiger charge is -2.33. The molecule has 0 atom stereocenters. The number of anilines is 1. The molecule has 7 nitrogen and oxygen atoms in total. The third-order valence-electron chi connectivity index (χ3n) is 4.80. The fourth-order valence-electron chi connectivity index (χ4n) is 3.24. The summed E-state index contributed by atoms with van der Waals surface area (Å²) in [7, 11) is -3.73. The molecular weight excluding hydrogens is 431 g/mol. The van der Waals surface area contributed by atoms with Gasteiger partial charge in [0.2, 0.25) is 27.5 Å². The monoisotopic (exact) mass is 446 g/mol. The first kappa shape index (κ1) is 20.3. The molecule has 10 heteroatoms. The fourth-order valence-corrected chi connectivity index (χ4v) is 4.88. The van der Waals surface area contributed by atoms with E-state index in [4.69, 9.17) is 16.0 Å². The highest BCUT2D eigenvalue weighted by Crippen LogP contribution is 2.33. The number of aromatic nitrogens is 1. The smallest absolute Gasteiger partial charge is 0.243 e. The van der Waals surface area contributed by atoms with Gasteiger partial charge in [-0.05, 0) is 36.4 Å². The average Bonchev–Trinajstić information content (AvgIpc) is 3.19. The predicted octanol–water partition coefficient (Wildman–Crippen LogP) is 3.52. The van der Waals surface area contributed by atoms with Gasteiger partial charge in [-0.1, -0.05) is 23.7 Å². The van der Waals surface area contributed by atoms with Gasteiger partial charge in [0, 0.05) is 26.2 Å². The van der Waals surface area contributed by atoms with E-state index in [9.17, 15) is 18.1 Å². The molecule has 1 aromatic heterocycles. The van der Waals surface area contributed by atoms with E-state index in [2.05, 4.69) is 4.98 Å². The van der Waals surface area contributed by atoms with Crippen LogP contribution in [-0.2, 0) is 10.0 Å². The molecule has 3 aromatic rings. The Morgan fingerprint density at radius 2 is 1.73 bits per heavy atom. The minimum atomic E-state index is -3.73. The molecule has 0 saturated carbocycles. The standard InChI is InChI=1S/C20H16ClFN4O3S/c21-17-4-2-1-3-16(17)19-24-18(13-23)20(29-19)25-9-11-26(12-10-25)30(27,28)15-7-5-14(22)6-8-15/h1-8H,9-12H2. The van der Waals surface area contributed by atoms with Crippen LogP contribution in [-0.4, -0.2) is 43.9 Å². The van der Waals surface area contributed by atoms with Gasteiger partial charge in [0.05, 0.1) is 15.5 Å². The lowest BCUT2D eigenvalue weighted by Crippen LogP contribution is -2.48. The molecule has 0 spiro atoms. The second-order valence-electron chi connectivity index (χ2n) is 6.61. The number of nitrogens with zero attached hydrogens (tertiary/aromatic N) is 4. The second kappa shape index (κ2) is 8.07. The van der Waals surface area contributed by atoms with Crippen LogP contribution in [0.3, 0.4) is 0 Å². The Balaban J connectivity index is 1.54. The zero-order valence-electron chi connectivity index (χ0n) is 15.6. The van der Waals surface area contributed by atoms with Gasteiger partial charge in [0.1, 0.15) is 11.9 Å². The topological polar surface area (TPSA) is 90.4 Å². The first-order valence-electron chi connectivity index (χ1n) is 9.06. The average molecular weight is 447 g/mol. The Labute approximate surface area is 178 Å². The van der Waals surface area contributed by atoms with Crippen molar-refractivity contribution in [2.24, 2.45) is 0 Å². The van der Waals surface area contributed by atoms with Crippen LogP contribution in [0.4, 0.5) is 10.3 Å². The van der Waals surface area contributed by atoms with Crippen molar-refractivity contribution in [1.82, 2.24) is 9.29 Å². The van der Waals surface area contributed by atoms with Crippen molar-refractivity contribution >= 4 is 27.5 Å². The minimum Gasteiger partial charge on any atom is -0.419 e. The van der Waals surface area contributed by atoms with Gasteiger partial charge in [-0.3, -0.25) is 0 Å². The van der Waals surface area contributed by atoms with Gasteiger partial charge in [0.15, 0.2) is 0 Å². The van der Waals surface area contributed by atoms with Gasteiger partial charge >= 0.3 is 0 Å². The van der Waals surface area contributed by atoms with Crippen LogP contribution in [0.15, 0.2) is 57.8 Å². The van der Waals surface area contributed by atoms with Gasteiger partial charge in [-0.2, -0.15) is 14.6 Å². The molecule has 0 bridgehead atoms. The van der Waals surface area contributed by atoms with Crippen LogP contribution in [0.5, 0.6) is 0 Å². The maximum atomic E-state index is 13.1. The van der Waals surface area contributed by atoms with E-state index in [1.807, 2.05) is 6.07 Å². The Morgan fingerprint density at radius 3 is 2.37 bits per heavy atom. The van der Waals surface area contributed by atoms with Gasteiger partial charge < -0.3 is 9.32 Å². The van der Waals surface area contributed by atoms with Crippen molar-refractivity contribution in [1.29, 1.82) is 5.26 Å². The molecule has 2 aromatic carbocycles. The molecule has 4 rings (SSSR count). The van der Waals surface area contributed by atoms with Crippen LogP contribution in [0.2, 0.25) is 5.02 Å². The third-order valence-corrected chi connectivity index (χ3v) is 7.04. The van der Waals surface area contributed by atoms with E-state index in [0.29, 0.717) is 23.7 Å². The molecule has 2 heterocycles. The normalized spacial score (nSPS) is 15.2. The Kier molecular flexibility index (Phi) is 5.47. The van der Waals surface area contributed by atoms with E-state index >= 15 is 0 Å². The minimum absolute atomic E-state index is 0.0377. The Morgan fingerprint density at radius 1 is 1.07 bits per heavy atom. The number of halogens is 2. The first-order valence-corrected chi connectivity index (χ1v) is 10.9. The fraction of sp³-hybridized carbons (Fsp3) is 0.200. The summed E-state index contributed by atoms with van der Waals surface area (Å²) < 4.78 is 45.8. The first-order chi connectivity index (χ1) is 14.4. The highest BCUT2D eigenvalue weighted by Gasteiger charge is 2.31. The quantitative estimate of drug-likeness (QED) is 0.609. The summed E-state index contributed by atoms with van der Waals surface area (Å²) in [6.45, 7) is 0.998. The van der Waals surface area contributed by atoms with E-state index in [-0.39, 0.29) is 35.5 Å². The zero-order valence-corrected chi connectivity index (χ0v) is 17.2. The van der Waals surface area contributed by atoms with Crippen LogP contribution in [0, 0.1) is 17.1 Å². The lowest BCUT2D eigenvalue weighted by atomic mass is 10.2. The van der Waals surface area contributed by atoms with Gasteiger partial charge in [-0.15, -0.1) is 0 Å². The van der Waals surface area contributed by atoms with Gasteiger partial charge in [-0.25, -0.2) is 12.8 Å². The molecule has 1 saturated heterocycles. The summed E-state index contributed by atoms with van der Waals surface area (Å²) in [6, 6.07) is 13.8. The number of sulfonamides is 1. The lowest BCUT2D eigenvalue weighted by molar-refractivity contribution is 0.374. The Hall–Kier alpha value is -2.93. The van der Waals surface area contributed by atoms with Crippen LogP contribution < -0.4 is 4.90 Å². The second-order valence-corrected chi connectivity index (χ2v) is 8.95. The number of benzene rings is 2. The van der Waals surface area contributed by atoms with Crippen molar-refractivity contribution in [2.45, 2.75) is 4.90 Å². The summed E-state index contributed by atoms with van der Waals surface area (Å²) in [4.78, 5) is 6.06. The van der Waals surface area contributed by atoms with E-state index in [1.165, 1.54) is 16.4 Å². The van der Waals surface area contributed by atoms with E-state index < -0.39 is 15.8 Å². The summed E-state index contributed by atoms with van der Waals surface area (Å²) in [5, 5.41) is 9.91. The molecule has 1 aliphatic rings. The number of hydrogen-bond donors (Lipinski definition) is 0. The predicted molar refractivity (Wildman–Crippen MR) is 109 cm³/mol. The molecule has 0 unspecified atom stereocenters. The van der Waals surface area contributed by atoms with Crippen molar-refractivity contribution in [3.8, 4) is 17.5 Å². The number of hydrogen-bond acceptors (Lipinski definition) is 6. The largest absolute Gasteiger partial charge is 0.419 e. The number of rotatable bonds is 4. The highest BCUT2D eigenvalue weighted by molar-refractivity contribution is 7.89. The molecular formula is C20H16ClFN4O3S. The van der Waals surface area contributed by atoms with Crippen molar-refractivity contribution in [2.75, 3.05) is 31.1 Å². The molecule has 1 fully saturated rings. The van der Waals surface area contributed by atoms with Crippen LogP contribution in [0.1, 0.15) is 5.69 Å². The number of oxazole rings is 1. The van der Waals surface area contributed by atoms with Crippen molar-refractivity contribution < 1.29 is 17.2 Å². The third kappa shape index (κ3) is 3.77. The van der Waals surface area contributed by atoms with Crippen LogP contribution in [0.25, 0.3) is 11.5 Å². The maximum absolute atomic E-state index is 13.1. The van der Waals surface area contributed by atoms with Gasteiger partial charge in [0.25, 0.3) is 0 Å². The maximum Gasteiger partial charge on any atom is 0.243 e. The SMILES string of the molecule is N#Cc1nc(-c2ccccc2Cl)oc1N1CCN(S(=O)(=O)c2ccc(F)cc2)CC1. The van der Waals surface area contributed by atoms with Crippen LogP contribution >= 0.6 is 11.6 Å². The highest BCUT2D eigenvalue weighted by atomic mass is 35.5. The molecule has 1 aliphatic heterocycles. The van der Waals surface area contributed by atoms with Crippen molar-refractivity contribution in [3.05, 3.63) is 65.1 Å². The Bertz CT molecular complexity index is 1210. The summed E-state index contributed by atoms with van der Waals surface area (Å²) >= 11 is 6.19. The molecule has 0 N–H and O–H groups in total. The number of piperazine rings is 1. The van der Waals surface area contributed by atoms with E-state index in [0.717, 1.165) is 12.1 Å². The molecule has 30 heavy (non-hydrogen) atoms. The molecule has 0 amide bonds. The van der Waals surface area contributed by atoms with Crippen molar-refractivity contribution in [3.63, 3.8) is 0 Å². The molecule has 0 radical (unpaired) electrons. The summed E-state index contributed by atoms with van der Waals surface area (Å²) in [5.41, 5.74) is 0.680.